The number of hydrogen-bond donors (Lipinski definition) is 1. The van der Waals surface area contributed by atoms with Crippen molar-refractivity contribution in [3.63, 3.8) is 0 Å². The molecule has 0 fully saturated rings. The van der Waals surface area contributed by atoms with Crippen LogP contribution in [-0.4, -0.2) is 16.7 Å². The standard InChI is InChI=1S/C23H24IN3O/c1-15-5-6-19(11-16(15)2)13-23(28)26-25-14-20-12-17(3)27(18(20)4)22-9-7-21(24)8-10-22/h5-12,14H,13H2,1-4H3,(H,26,28)/b25-14-. The summed E-state index contributed by atoms with van der Waals surface area (Å²) < 4.78 is 3.39. The first-order valence-electron chi connectivity index (χ1n) is 9.18. The van der Waals surface area contributed by atoms with E-state index < -0.39 is 0 Å². The van der Waals surface area contributed by atoms with E-state index in [2.05, 4.69) is 95.7 Å². The van der Waals surface area contributed by atoms with E-state index in [0.29, 0.717) is 6.42 Å². The first kappa shape index (κ1) is 20.3. The molecule has 3 aromatic rings. The van der Waals surface area contributed by atoms with Crippen LogP contribution in [0.4, 0.5) is 0 Å². The van der Waals surface area contributed by atoms with Crippen molar-refractivity contribution in [2.75, 3.05) is 0 Å². The Morgan fingerprint density at radius 3 is 2.43 bits per heavy atom. The van der Waals surface area contributed by atoms with Crippen LogP contribution in [0.5, 0.6) is 0 Å². The van der Waals surface area contributed by atoms with Gasteiger partial charge in [0, 0.05) is 26.2 Å². The van der Waals surface area contributed by atoms with Crippen molar-refractivity contribution in [1.29, 1.82) is 0 Å². The van der Waals surface area contributed by atoms with Gasteiger partial charge in [-0.25, -0.2) is 5.43 Å². The van der Waals surface area contributed by atoms with E-state index in [1.165, 1.54) is 14.7 Å². The van der Waals surface area contributed by atoms with E-state index >= 15 is 0 Å². The van der Waals surface area contributed by atoms with Gasteiger partial charge >= 0.3 is 0 Å². The smallest absolute Gasteiger partial charge is 0.244 e. The van der Waals surface area contributed by atoms with E-state index in [-0.39, 0.29) is 5.91 Å². The fourth-order valence-electron chi connectivity index (χ4n) is 3.22. The Labute approximate surface area is 179 Å². The van der Waals surface area contributed by atoms with Crippen molar-refractivity contribution >= 4 is 34.7 Å². The molecule has 0 aliphatic heterocycles. The van der Waals surface area contributed by atoms with Crippen molar-refractivity contribution in [1.82, 2.24) is 9.99 Å². The number of nitrogens with one attached hydrogen (secondary N) is 1. The largest absolute Gasteiger partial charge is 0.318 e. The Balaban J connectivity index is 1.69. The van der Waals surface area contributed by atoms with Crippen molar-refractivity contribution < 1.29 is 4.79 Å². The molecule has 0 saturated carbocycles. The number of rotatable bonds is 5. The molecule has 1 N–H and O–H groups in total. The first-order chi connectivity index (χ1) is 13.3. The molecule has 1 heterocycles. The zero-order chi connectivity index (χ0) is 20.3. The van der Waals surface area contributed by atoms with Gasteiger partial charge < -0.3 is 4.57 Å². The Bertz CT molecular complexity index is 1030. The Morgan fingerprint density at radius 1 is 1.04 bits per heavy atom. The average Bonchev–Trinajstić information content (AvgIpc) is 2.93. The van der Waals surface area contributed by atoms with Gasteiger partial charge in [0.25, 0.3) is 0 Å². The maximum atomic E-state index is 12.2. The van der Waals surface area contributed by atoms with E-state index in [4.69, 9.17) is 0 Å². The normalized spacial score (nSPS) is 11.2. The number of hydrazone groups is 1. The fourth-order valence-corrected chi connectivity index (χ4v) is 3.58. The minimum absolute atomic E-state index is 0.119. The molecule has 0 radical (unpaired) electrons. The van der Waals surface area contributed by atoms with Crippen LogP contribution in [0.1, 0.15) is 33.6 Å². The zero-order valence-corrected chi connectivity index (χ0v) is 18.7. The van der Waals surface area contributed by atoms with Gasteiger partial charge in [0.15, 0.2) is 0 Å². The van der Waals surface area contributed by atoms with Crippen LogP contribution >= 0.6 is 22.6 Å². The lowest BCUT2D eigenvalue weighted by atomic mass is 10.0. The molecule has 0 aliphatic carbocycles. The van der Waals surface area contributed by atoms with Gasteiger partial charge in [-0.3, -0.25) is 4.79 Å². The molecule has 28 heavy (non-hydrogen) atoms. The number of nitrogens with zero attached hydrogens (tertiary/aromatic N) is 2. The molecule has 2 aromatic carbocycles. The Kier molecular flexibility index (Phi) is 6.34. The number of benzene rings is 2. The summed E-state index contributed by atoms with van der Waals surface area (Å²) in [5.41, 5.74) is 10.4. The minimum Gasteiger partial charge on any atom is -0.318 e. The Morgan fingerprint density at radius 2 is 1.75 bits per heavy atom. The van der Waals surface area contributed by atoms with Crippen molar-refractivity contribution in [2.24, 2.45) is 5.10 Å². The zero-order valence-electron chi connectivity index (χ0n) is 16.6. The van der Waals surface area contributed by atoms with E-state index in [1.54, 1.807) is 6.21 Å². The summed E-state index contributed by atoms with van der Waals surface area (Å²) in [6, 6.07) is 16.5. The van der Waals surface area contributed by atoms with Crippen molar-refractivity contribution in [2.45, 2.75) is 34.1 Å². The summed E-state index contributed by atoms with van der Waals surface area (Å²) in [5.74, 6) is -0.119. The van der Waals surface area contributed by atoms with E-state index in [0.717, 1.165) is 28.2 Å². The lowest BCUT2D eigenvalue weighted by Gasteiger charge is -2.09. The van der Waals surface area contributed by atoms with Gasteiger partial charge in [-0.1, -0.05) is 18.2 Å². The van der Waals surface area contributed by atoms with Crippen LogP contribution in [0.15, 0.2) is 53.6 Å². The summed E-state index contributed by atoms with van der Waals surface area (Å²) in [4.78, 5) is 12.2. The minimum atomic E-state index is -0.119. The monoisotopic (exact) mass is 485 g/mol. The van der Waals surface area contributed by atoms with Gasteiger partial charge in [-0.2, -0.15) is 5.10 Å². The number of amides is 1. The molecule has 4 nitrogen and oxygen atoms in total. The summed E-state index contributed by atoms with van der Waals surface area (Å²) in [6.07, 6.45) is 2.03. The highest BCUT2D eigenvalue weighted by molar-refractivity contribution is 14.1. The van der Waals surface area contributed by atoms with Gasteiger partial charge in [-0.15, -0.1) is 0 Å². The highest BCUT2D eigenvalue weighted by Gasteiger charge is 2.09. The second kappa shape index (κ2) is 8.73. The lowest BCUT2D eigenvalue weighted by Crippen LogP contribution is -2.19. The third-order valence-corrected chi connectivity index (χ3v) is 5.60. The van der Waals surface area contributed by atoms with Crippen LogP contribution in [0.3, 0.4) is 0 Å². The second-order valence-electron chi connectivity index (χ2n) is 7.03. The fraction of sp³-hybridized carbons (Fsp3) is 0.217. The number of aromatic nitrogens is 1. The highest BCUT2D eigenvalue weighted by atomic mass is 127. The molecule has 144 valence electrons. The van der Waals surface area contributed by atoms with E-state index in [9.17, 15) is 4.79 Å². The SMILES string of the molecule is Cc1ccc(CC(=O)N/N=C\c2cc(C)n(-c3ccc(I)cc3)c2C)cc1C. The van der Waals surface area contributed by atoms with Crippen molar-refractivity contribution in [3.05, 3.63) is 85.7 Å². The maximum absolute atomic E-state index is 12.2. The third kappa shape index (κ3) is 4.70. The van der Waals surface area contributed by atoms with Crippen LogP contribution in [-0.2, 0) is 11.2 Å². The van der Waals surface area contributed by atoms with Crippen LogP contribution in [0.25, 0.3) is 5.69 Å². The first-order valence-corrected chi connectivity index (χ1v) is 10.3. The number of halogens is 1. The molecule has 0 bridgehead atoms. The van der Waals surface area contributed by atoms with Gasteiger partial charge in [0.2, 0.25) is 5.91 Å². The molecular weight excluding hydrogens is 461 g/mol. The lowest BCUT2D eigenvalue weighted by molar-refractivity contribution is -0.120. The number of carbonyl (C=O) groups is 1. The number of hydrogen-bond acceptors (Lipinski definition) is 2. The molecule has 0 unspecified atom stereocenters. The van der Waals surface area contributed by atoms with Crippen LogP contribution in [0.2, 0.25) is 0 Å². The Hall–Kier alpha value is -2.41. The van der Waals surface area contributed by atoms with Crippen LogP contribution < -0.4 is 5.43 Å². The second-order valence-corrected chi connectivity index (χ2v) is 8.27. The third-order valence-electron chi connectivity index (χ3n) is 4.88. The summed E-state index contributed by atoms with van der Waals surface area (Å²) >= 11 is 2.30. The average molecular weight is 485 g/mol. The molecular formula is C23H24IN3O. The molecule has 0 atom stereocenters. The molecule has 0 spiro atoms. The van der Waals surface area contributed by atoms with Gasteiger partial charge in [0.1, 0.15) is 0 Å². The molecule has 0 aliphatic rings. The molecule has 5 heteroatoms. The van der Waals surface area contributed by atoms with Gasteiger partial charge in [0.05, 0.1) is 12.6 Å². The number of aryl methyl sites for hydroxylation is 3. The predicted molar refractivity (Wildman–Crippen MR) is 123 cm³/mol. The topological polar surface area (TPSA) is 46.4 Å². The van der Waals surface area contributed by atoms with Crippen molar-refractivity contribution in [3.8, 4) is 5.69 Å². The van der Waals surface area contributed by atoms with Crippen LogP contribution in [0, 0.1) is 31.3 Å². The quantitative estimate of drug-likeness (QED) is 0.308. The highest BCUT2D eigenvalue weighted by Crippen LogP contribution is 2.20. The summed E-state index contributed by atoms with van der Waals surface area (Å²) in [5, 5.41) is 4.16. The molecule has 1 aromatic heterocycles. The maximum Gasteiger partial charge on any atom is 0.244 e. The predicted octanol–water partition coefficient (Wildman–Crippen LogP) is 5.01. The van der Waals surface area contributed by atoms with Gasteiger partial charge in [-0.05, 0) is 97.3 Å². The summed E-state index contributed by atoms with van der Waals surface area (Å²) in [6.45, 7) is 8.25. The summed E-state index contributed by atoms with van der Waals surface area (Å²) in [7, 11) is 0. The number of carbonyl (C=O) groups excluding carboxylic acids is 1. The molecule has 0 saturated heterocycles. The molecule has 1 amide bonds. The molecule has 3 rings (SSSR count). The van der Waals surface area contributed by atoms with E-state index in [1.807, 2.05) is 18.2 Å².